The van der Waals surface area contributed by atoms with Crippen LogP contribution in [-0.2, 0) is 4.74 Å². The van der Waals surface area contributed by atoms with Crippen molar-refractivity contribution in [1.82, 2.24) is 10.2 Å². The van der Waals surface area contributed by atoms with Crippen LogP contribution in [0.15, 0.2) is 18.2 Å². The number of ether oxygens (including phenoxy) is 3. The van der Waals surface area contributed by atoms with E-state index in [4.69, 9.17) is 14.2 Å². The van der Waals surface area contributed by atoms with Gasteiger partial charge in [0, 0.05) is 7.05 Å². The zero-order valence-corrected chi connectivity index (χ0v) is 12.2. The van der Waals surface area contributed by atoms with E-state index in [1.807, 2.05) is 0 Å². The van der Waals surface area contributed by atoms with Gasteiger partial charge in [0.25, 0.3) is 5.91 Å². The minimum atomic E-state index is -0.385. The van der Waals surface area contributed by atoms with Crippen LogP contribution >= 0.6 is 0 Å². The van der Waals surface area contributed by atoms with E-state index in [0.29, 0.717) is 23.6 Å². The molecule has 1 fully saturated rings. The Morgan fingerprint density at radius 3 is 2.48 bits per heavy atom. The van der Waals surface area contributed by atoms with Crippen LogP contribution < -0.4 is 14.8 Å². The van der Waals surface area contributed by atoms with Gasteiger partial charge in [0.15, 0.2) is 0 Å². The Kier molecular flexibility index (Phi) is 4.52. The summed E-state index contributed by atoms with van der Waals surface area (Å²) >= 11 is 0. The summed E-state index contributed by atoms with van der Waals surface area (Å²) in [6.07, 6.45) is -0.740. The predicted octanol–water partition coefficient (Wildman–Crippen LogP) is 0.884. The highest BCUT2D eigenvalue weighted by Crippen LogP contribution is 2.27. The molecule has 21 heavy (non-hydrogen) atoms. The van der Waals surface area contributed by atoms with Gasteiger partial charge in [-0.2, -0.15) is 0 Å². The Balaban J connectivity index is 2.05. The fourth-order valence-electron chi connectivity index (χ4n) is 2.13. The normalized spacial score (nSPS) is 17.4. The fraction of sp³-hybridized carbons (Fsp3) is 0.429. The van der Waals surface area contributed by atoms with Gasteiger partial charge in [-0.25, -0.2) is 4.79 Å². The van der Waals surface area contributed by atoms with E-state index in [1.165, 1.54) is 19.1 Å². The van der Waals surface area contributed by atoms with Gasteiger partial charge in [0.05, 0.1) is 27.3 Å². The number of amides is 2. The van der Waals surface area contributed by atoms with Crippen LogP contribution in [0.1, 0.15) is 10.4 Å². The monoisotopic (exact) mass is 294 g/mol. The van der Waals surface area contributed by atoms with Crippen molar-refractivity contribution in [3.8, 4) is 11.5 Å². The number of nitrogens with one attached hydrogen (secondary N) is 1. The minimum absolute atomic E-state index is 0.232. The molecule has 2 amide bonds. The van der Waals surface area contributed by atoms with Crippen molar-refractivity contribution >= 4 is 12.0 Å². The maximum Gasteiger partial charge on any atom is 0.410 e. The molecule has 1 aliphatic rings. The molecule has 1 N–H and O–H groups in total. The molecule has 7 nitrogen and oxygen atoms in total. The lowest BCUT2D eigenvalue weighted by Gasteiger charge is -2.14. The molecule has 0 aromatic heterocycles. The van der Waals surface area contributed by atoms with Crippen LogP contribution in [0.2, 0.25) is 0 Å². The first-order valence-electron chi connectivity index (χ1n) is 6.47. The molecule has 1 aromatic rings. The van der Waals surface area contributed by atoms with Crippen molar-refractivity contribution in [2.75, 3.05) is 34.4 Å². The van der Waals surface area contributed by atoms with Crippen LogP contribution in [0.4, 0.5) is 4.79 Å². The molecule has 1 heterocycles. The summed E-state index contributed by atoms with van der Waals surface area (Å²) < 4.78 is 15.4. The maximum atomic E-state index is 12.3. The van der Waals surface area contributed by atoms with E-state index in [1.54, 1.807) is 25.2 Å². The van der Waals surface area contributed by atoms with E-state index >= 15 is 0 Å². The van der Waals surface area contributed by atoms with Crippen molar-refractivity contribution in [3.05, 3.63) is 23.8 Å². The summed E-state index contributed by atoms with van der Waals surface area (Å²) in [6, 6.07) is 5.10. The lowest BCUT2D eigenvalue weighted by Crippen LogP contribution is -2.34. The van der Waals surface area contributed by atoms with Gasteiger partial charge in [0.2, 0.25) is 0 Å². The molecule has 1 aliphatic heterocycles. The van der Waals surface area contributed by atoms with Crippen molar-refractivity contribution in [2.24, 2.45) is 0 Å². The summed E-state index contributed by atoms with van der Waals surface area (Å²) in [4.78, 5) is 25.0. The van der Waals surface area contributed by atoms with Gasteiger partial charge in [-0.1, -0.05) is 6.07 Å². The quantitative estimate of drug-likeness (QED) is 0.872. The molecule has 0 aliphatic carbocycles. The van der Waals surface area contributed by atoms with Crippen molar-refractivity contribution < 1.29 is 23.8 Å². The van der Waals surface area contributed by atoms with Crippen molar-refractivity contribution in [2.45, 2.75) is 6.10 Å². The third kappa shape index (κ3) is 3.18. The van der Waals surface area contributed by atoms with E-state index < -0.39 is 0 Å². The Hall–Kier alpha value is -2.44. The SMILES string of the molecule is COc1cccc(OC)c1C(=O)NCC1CN(C)C(=O)O1. The molecule has 0 spiro atoms. The van der Waals surface area contributed by atoms with Crippen molar-refractivity contribution in [1.29, 1.82) is 0 Å². The Morgan fingerprint density at radius 2 is 2.00 bits per heavy atom. The number of cyclic esters (lactones) is 1. The third-order valence-corrected chi connectivity index (χ3v) is 3.20. The summed E-state index contributed by atoms with van der Waals surface area (Å²) in [6.45, 7) is 0.679. The average molecular weight is 294 g/mol. The van der Waals surface area contributed by atoms with Gasteiger partial charge in [-0.3, -0.25) is 4.79 Å². The standard InChI is InChI=1S/C14H18N2O5/c1-16-8-9(21-14(16)18)7-15-13(17)12-10(19-2)5-4-6-11(12)20-3/h4-6,9H,7-8H2,1-3H3,(H,15,17). The number of hydrogen-bond donors (Lipinski definition) is 1. The first-order chi connectivity index (χ1) is 10.1. The van der Waals surface area contributed by atoms with Gasteiger partial charge < -0.3 is 24.4 Å². The van der Waals surface area contributed by atoms with Gasteiger partial charge in [0.1, 0.15) is 23.2 Å². The number of carbonyl (C=O) groups is 2. The molecule has 114 valence electrons. The maximum absolute atomic E-state index is 12.3. The minimum Gasteiger partial charge on any atom is -0.496 e. The predicted molar refractivity (Wildman–Crippen MR) is 74.8 cm³/mol. The second-order valence-corrected chi connectivity index (χ2v) is 4.63. The number of hydrogen-bond acceptors (Lipinski definition) is 5. The largest absolute Gasteiger partial charge is 0.496 e. The second-order valence-electron chi connectivity index (χ2n) is 4.63. The zero-order chi connectivity index (χ0) is 15.4. The first-order valence-corrected chi connectivity index (χ1v) is 6.47. The third-order valence-electron chi connectivity index (χ3n) is 3.20. The van der Waals surface area contributed by atoms with E-state index in [2.05, 4.69) is 5.32 Å². The summed E-state index contributed by atoms with van der Waals surface area (Å²) in [5.41, 5.74) is 0.320. The molecule has 0 radical (unpaired) electrons. The second kappa shape index (κ2) is 6.34. The molecule has 7 heteroatoms. The highest BCUT2D eigenvalue weighted by atomic mass is 16.6. The fourth-order valence-corrected chi connectivity index (χ4v) is 2.13. The van der Waals surface area contributed by atoms with Gasteiger partial charge in [-0.15, -0.1) is 0 Å². The zero-order valence-electron chi connectivity index (χ0n) is 12.2. The van der Waals surface area contributed by atoms with Crippen LogP contribution in [0.25, 0.3) is 0 Å². The highest BCUT2D eigenvalue weighted by Gasteiger charge is 2.29. The number of benzene rings is 1. The van der Waals surface area contributed by atoms with E-state index in [-0.39, 0.29) is 24.6 Å². The summed E-state index contributed by atoms with van der Waals surface area (Å²) in [5, 5.41) is 2.73. The number of likely N-dealkylation sites (N-methyl/N-ethyl adjacent to an activating group) is 1. The summed E-state index contributed by atoms with van der Waals surface area (Å²) in [7, 11) is 4.62. The Morgan fingerprint density at radius 1 is 1.38 bits per heavy atom. The smallest absolute Gasteiger partial charge is 0.410 e. The van der Waals surface area contributed by atoms with Crippen LogP contribution in [0.5, 0.6) is 11.5 Å². The molecule has 1 saturated heterocycles. The number of nitrogens with zero attached hydrogens (tertiary/aromatic N) is 1. The van der Waals surface area contributed by atoms with Crippen molar-refractivity contribution in [3.63, 3.8) is 0 Å². The highest BCUT2D eigenvalue weighted by molar-refractivity contribution is 5.99. The average Bonchev–Trinajstić information content (AvgIpc) is 2.82. The Bertz CT molecular complexity index is 524. The first kappa shape index (κ1) is 15.0. The molecule has 0 bridgehead atoms. The van der Waals surface area contributed by atoms with Crippen LogP contribution in [0, 0.1) is 0 Å². The lowest BCUT2D eigenvalue weighted by atomic mass is 10.1. The molecule has 2 rings (SSSR count). The topological polar surface area (TPSA) is 77.1 Å². The van der Waals surface area contributed by atoms with Crippen LogP contribution in [-0.4, -0.2) is 57.4 Å². The van der Waals surface area contributed by atoms with E-state index in [9.17, 15) is 9.59 Å². The molecule has 0 saturated carbocycles. The number of methoxy groups -OCH3 is 2. The van der Waals surface area contributed by atoms with Gasteiger partial charge >= 0.3 is 6.09 Å². The molecule has 1 aromatic carbocycles. The van der Waals surface area contributed by atoms with Crippen LogP contribution in [0.3, 0.4) is 0 Å². The molecule has 1 unspecified atom stereocenters. The lowest BCUT2D eigenvalue weighted by molar-refractivity contribution is 0.0909. The van der Waals surface area contributed by atoms with Gasteiger partial charge in [-0.05, 0) is 12.1 Å². The molecule has 1 atom stereocenters. The molecular weight excluding hydrogens is 276 g/mol. The number of carbonyl (C=O) groups excluding carboxylic acids is 2. The Labute approximate surface area is 122 Å². The summed E-state index contributed by atoms with van der Waals surface area (Å²) in [5.74, 6) is 0.509. The molecular formula is C14H18N2O5. The number of rotatable bonds is 5. The van der Waals surface area contributed by atoms with E-state index in [0.717, 1.165) is 0 Å².